The lowest BCUT2D eigenvalue weighted by atomic mass is 9.95. The Kier molecular flexibility index (Phi) is 5.40. The molecular formula is C27H27BrN6O2. The Labute approximate surface area is 217 Å². The van der Waals surface area contributed by atoms with Gasteiger partial charge in [-0.2, -0.15) is 5.10 Å². The van der Waals surface area contributed by atoms with Crippen molar-refractivity contribution in [3.05, 3.63) is 75.1 Å². The number of H-pyrrole nitrogens is 1. The predicted octanol–water partition coefficient (Wildman–Crippen LogP) is 4.43. The number of hydrogen-bond donors (Lipinski definition) is 2. The van der Waals surface area contributed by atoms with Crippen molar-refractivity contribution in [1.82, 2.24) is 19.7 Å². The lowest BCUT2D eigenvalue weighted by Crippen LogP contribution is -2.44. The third-order valence-electron chi connectivity index (χ3n) is 7.39. The summed E-state index contributed by atoms with van der Waals surface area (Å²) >= 11 is 3.53. The van der Waals surface area contributed by atoms with Crippen molar-refractivity contribution in [2.24, 2.45) is 7.05 Å². The summed E-state index contributed by atoms with van der Waals surface area (Å²) in [4.78, 5) is 34.6. The van der Waals surface area contributed by atoms with Crippen LogP contribution in [0, 0.1) is 0 Å². The number of nitrogens with zero attached hydrogens (tertiary/aromatic N) is 4. The van der Waals surface area contributed by atoms with E-state index in [1.807, 2.05) is 59.4 Å². The summed E-state index contributed by atoms with van der Waals surface area (Å²) in [5.41, 5.74) is 12.4. The first-order chi connectivity index (χ1) is 17.3. The maximum atomic E-state index is 14.1. The van der Waals surface area contributed by atoms with Gasteiger partial charge in [-0.15, -0.1) is 0 Å². The molecule has 2 amide bonds. The number of carbonyl (C=O) groups is 2. The number of rotatable bonds is 2. The van der Waals surface area contributed by atoms with Crippen LogP contribution in [0.15, 0.2) is 47.1 Å². The van der Waals surface area contributed by atoms with Crippen molar-refractivity contribution in [3.8, 4) is 0 Å². The van der Waals surface area contributed by atoms with Crippen molar-refractivity contribution in [2.75, 3.05) is 17.2 Å². The Morgan fingerprint density at radius 2 is 1.97 bits per heavy atom. The van der Waals surface area contributed by atoms with E-state index < -0.39 is 0 Å². The third kappa shape index (κ3) is 3.61. The molecule has 2 aromatic heterocycles. The van der Waals surface area contributed by atoms with Crippen LogP contribution < -0.4 is 10.6 Å². The first-order valence-electron chi connectivity index (χ1n) is 12.1. The fourth-order valence-corrected chi connectivity index (χ4v) is 6.09. The van der Waals surface area contributed by atoms with Gasteiger partial charge in [0.25, 0.3) is 11.8 Å². The second kappa shape index (κ2) is 8.51. The third-order valence-corrected chi connectivity index (χ3v) is 7.85. The number of anilines is 2. The standard InChI is InChI=1S/C27H27BrN6O2/c1-15-3-4-16-12-19(29)5-6-23(16)34(15)27(36)25-21-14-33(10-8-22(21)31-32(25)2)26(35)20-13-18(28)11-17-7-9-30-24(17)20/h5-7,9,11-13,15,30H,3-4,8,10,14,29H2,1-2H3. The van der Waals surface area contributed by atoms with Crippen LogP contribution in [-0.2, 0) is 26.4 Å². The zero-order chi connectivity index (χ0) is 25.1. The summed E-state index contributed by atoms with van der Waals surface area (Å²) in [5.74, 6) is -0.156. The van der Waals surface area contributed by atoms with Gasteiger partial charge in [0.1, 0.15) is 5.69 Å². The van der Waals surface area contributed by atoms with Gasteiger partial charge in [-0.3, -0.25) is 14.3 Å². The molecule has 8 nitrogen and oxygen atoms in total. The quantitative estimate of drug-likeness (QED) is 0.363. The molecule has 36 heavy (non-hydrogen) atoms. The van der Waals surface area contributed by atoms with Crippen molar-refractivity contribution >= 4 is 50.0 Å². The van der Waals surface area contributed by atoms with E-state index in [-0.39, 0.29) is 17.9 Å². The molecule has 0 saturated carbocycles. The number of aromatic nitrogens is 3. The molecular weight excluding hydrogens is 520 g/mol. The van der Waals surface area contributed by atoms with Crippen molar-refractivity contribution in [2.45, 2.75) is 38.8 Å². The molecule has 0 spiro atoms. The number of amides is 2. The minimum Gasteiger partial charge on any atom is -0.399 e. The van der Waals surface area contributed by atoms with Crippen molar-refractivity contribution < 1.29 is 9.59 Å². The number of halogens is 1. The van der Waals surface area contributed by atoms with Gasteiger partial charge >= 0.3 is 0 Å². The molecule has 4 heterocycles. The Morgan fingerprint density at radius 1 is 1.14 bits per heavy atom. The number of hydrogen-bond acceptors (Lipinski definition) is 4. The monoisotopic (exact) mass is 546 g/mol. The van der Waals surface area contributed by atoms with E-state index in [9.17, 15) is 9.59 Å². The highest BCUT2D eigenvalue weighted by Crippen LogP contribution is 2.35. The minimum absolute atomic E-state index is 0.0448. The molecule has 0 radical (unpaired) electrons. The lowest BCUT2D eigenvalue weighted by Gasteiger charge is -2.36. The van der Waals surface area contributed by atoms with Crippen LogP contribution in [0.25, 0.3) is 10.9 Å². The summed E-state index contributed by atoms with van der Waals surface area (Å²) in [6.07, 6.45) is 4.19. The van der Waals surface area contributed by atoms with E-state index in [0.29, 0.717) is 36.5 Å². The highest BCUT2D eigenvalue weighted by atomic mass is 79.9. The number of nitrogens with one attached hydrogen (secondary N) is 1. The van der Waals surface area contributed by atoms with Gasteiger partial charge in [0.2, 0.25) is 0 Å². The van der Waals surface area contributed by atoms with Gasteiger partial charge in [-0.1, -0.05) is 15.9 Å². The Morgan fingerprint density at radius 3 is 2.81 bits per heavy atom. The molecule has 184 valence electrons. The molecule has 2 aliphatic heterocycles. The number of carbonyl (C=O) groups excluding carboxylic acids is 2. The normalized spacial score (nSPS) is 17.2. The first-order valence-corrected chi connectivity index (χ1v) is 12.9. The molecule has 3 N–H and O–H groups in total. The number of fused-ring (bicyclic) bond motifs is 3. The zero-order valence-corrected chi connectivity index (χ0v) is 21.8. The maximum absolute atomic E-state index is 14.1. The molecule has 0 fully saturated rings. The first kappa shape index (κ1) is 22.8. The highest BCUT2D eigenvalue weighted by Gasteiger charge is 2.36. The Balaban J connectivity index is 1.36. The van der Waals surface area contributed by atoms with Gasteiger partial charge in [-0.05, 0) is 61.7 Å². The SMILES string of the molecule is CC1CCc2cc(N)ccc2N1C(=O)c1c2c(nn1C)CCN(C(=O)c1cc(Br)cc3cc[nH]c13)C2. The van der Waals surface area contributed by atoms with E-state index in [1.165, 1.54) is 0 Å². The fourth-order valence-electron chi connectivity index (χ4n) is 5.61. The van der Waals surface area contributed by atoms with E-state index in [4.69, 9.17) is 5.73 Å². The van der Waals surface area contributed by atoms with Crippen LogP contribution >= 0.6 is 15.9 Å². The molecule has 6 rings (SSSR count). The highest BCUT2D eigenvalue weighted by molar-refractivity contribution is 9.10. The second-order valence-corrected chi connectivity index (χ2v) is 10.6. The number of aromatic amines is 1. The maximum Gasteiger partial charge on any atom is 0.277 e. The summed E-state index contributed by atoms with van der Waals surface area (Å²) in [5, 5.41) is 5.66. The van der Waals surface area contributed by atoms with Crippen LogP contribution in [-0.4, -0.2) is 44.1 Å². The number of benzene rings is 2. The van der Waals surface area contributed by atoms with Gasteiger partial charge in [-0.25, -0.2) is 0 Å². The molecule has 1 unspecified atom stereocenters. The molecule has 0 saturated heterocycles. The second-order valence-electron chi connectivity index (χ2n) is 9.72. The van der Waals surface area contributed by atoms with E-state index >= 15 is 0 Å². The van der Waals surface area contributed by atoms with Gasteiger partial charge in [0.05, 0.1) is 23.3 Å². The Hall–Kier alpha value is -3.59. The average molecular weight is 547 g/mol. The number of nitrogens with two attached hydrogens (primary N) is 1. The minimum atomic E-state index is -0.0898. The van der Waals surface area contributed by atoms with Gasteiger partial charge < -0.3 is 20.5 Å². The fraction of sp³-hybridized carbons (Fsp3) is 0.296. The topological polar surface area (TPSA) is 100 Å². The molecule has 0 aliphatic carbocycles. The number of nitrogen functional groups attached to an aromatic ring is 1. The van der Waals surface area contributed by atoms with Crippen LogP contribution in [0.4, 0.5) is 11.4 Å². The predicted molar refractivity (Wildman–Crippen MR) is 143 cm³/mol. The molecule has 0 bridgehead atoms. The Bertz CT molecular complexity index is 1540. The van der Waals surface area contributed by atoms with E-state index in [0.717, 1.165) is 50.7 Å². The molecule has 4 aromatic rings. The molecule has 9 heteroatoms. The number of aryl methyl sites for hydroxylation is 2. The molecule has 2 aliphatic rings. The van der Waals surface area contributed by atoms with Crippen molar-refractivity contribution in [3.63, 3.8) is 0 Å². The van der Waals surface area contributed by atoms with Crippen LogP contribution in [0.2, 0.25) is 0 Å². The molecule has 1 atom stereocenters. The average Bonchev–Trinajstić information content (AvgIpc) is 3.45. The summed E-state index contributed by atoms with van der Waals surface area (Å²) < 4.78 is 2.54. The van der Waals surface area contributed by atoms with E-state index in [2.05, 4.69) is 32.9 Å². The molecule has 2 aromatic carbocycles. The lowest BCUT2D eigenvalue weighted by molar-refractivity contribution is 0.0733. The van der Waals surface area contributed by atoms with Crippen LogP contribution in [0.1, 0.15) is 51.0 Å². The van der Waals surface area contributed by atoms with Gasteiger partial charge in [0, 0.05) is 59.0 Å². The smallest absolute Gasteiger partial charge is 0.277 e. The van der Waals surface area contributed by atoms with Gasteiger partial charge in [0.15, 0.2) is 0 Å². The van der Waals surface area contributed by atoms with E-state index in [1.54, 1.807) is 4.68 Å². The van der Waals surface area contributed by atoms with Crippen LogP contribution in [0.5, 0.6) is 0 Å². The zero-order valence-electron chi connectivity index (χ0n) is 20.2. The summed E-state index contributed by atoms with van der Waals surface area (Å²) in [6.45, 7) is 2.97. The largest absolute Gasteiger partial charge is 0.399 e. The summed E-state index contributed by atoms with van der Waals surface area (Å²) in [6, 6.07) is 11.6. The van der Waals surface area contributed by atoms with Crippen molar-refractivity contribution in [1.29, 1.82) is 0 Å². The summed E-state index contributed by atoms with van der Waals surface area (Å²) in [7, 11) is 1.81. The van der Waals surface area contributed by atoms with Crippen LogP contribution in [0.3, 0.4) is 0 Å².